The minimum absolute atomic E-state index is 0.0335. The number of aromatic nitrogens is 4. The second-order valence-corrected chi connectivity index (χ2v) is 2.77. The lowest BCUT2D eigenvalue weighted by atomic mass is 10.5. The van der Waals surface area contributed by atoms with Gasteiger partial charge in [0, 0.05) is 7.05 Å². The Kier molecular flexibility index (Phi) is 1.77. The van der Waals surface area contributed by atoms with Gasteiger partial charge in [0.2, 0.25) is 0 Å². The van der Waals surface area contributed by atoms with Gasteiger partial charge in [-0.2, -0.15) is 10.2 Å². The summed E-state index contributed by atoms with van der Waals surface area (Å²) < 4.78 is 3.01. The molecule has 0 aliphatic heterocycles. The number of rotatable bonds is 2. The molecule has 0 aliphatic rings. The Hall–Kier alpha value is -2.18. The maximum absolute atomic E-state index is 10.4. The zero-order chi connectivity index (χ0) is 10.1. The molecule has 0 saturated carbocycles. The van der Waals surface area contributed by atoms with Crippen LogP contribution >= 0.6 is 0 Å². The number of nitro groups is 1. The number of hydrogen-bond acceptors (Lipinski definition) is 4. The summed E-state index contributed by atoms with van der Waals surface area (Å²) in [6, 6.07) is 0. The molecule has 0 aliphatic carbocycles. The molecule has 2 rings (SSSR count). The van der Waals surface area contributed by atoms with Crippen molar-refractivity contribution in [2.24, 2.45) is 7.05 Å². The third kappa shape index (κ3) is 1.35. The van der Waals surface area contributed by atoms with Gasteiger partial charge in [0.05, 0.1) is 17.3 Å². The Morgan fingerprint density at radius 2 is 2.14 bits per heavy atom. The highest BCUT2D eigenvalue weighted by Crippen LogP contribution is 2.12. The smallest absolute Gasteiger partial charge is 0.274 e. The molecule has 2 aromatic rings. The summed E-state index contributed by atoms with van der Waals surface area (Å²) in [5, 5.41) is 18.2. The van der Waals surface area contributed by atoms with E-state index in [-0.39, 0.29) is 5.69 Å². The fraction of sp³-hybridized carbons (Fsp3) is 0.143. The van der Waals surface area contributed by atoms with Crippen molar-refractivity contribution in [2.45, 2.75) is 0 Å². The minimum Gasteiger partial charge on any atom is -0.274 e. The molecule has 0 bridgehead atoms. The molecule has 72 valence electrons. The van der Waals surface area contributed by atoms with Gasteiger partial charge in [0.25, 0.3) is 0 Å². The summed E-state index contributed by atoms with van der Waals surface area (Å²) in [4.78, 5) is 9.90. The van der Waals surface area contributed by atoms with Gasteiger partial charge in [-0.3, -0.25) is 14.8 Å². The molecule has 0 unspecified atom stereocenters. The van der Waals surface area contributed by atoms with Gasteiger partial charge >= 0.3 is 5.69 Å². The van der Waals surface area contributed by atoms with E-state index in [1.807, 2.05) is 0 Å². The summed E-state index contributed by atoms with van der Waals surface area (Å²) in [5.74, 6) is 0. The molecule has 0 amide bonds. The molecule has 7 nitrogen and oxygen atoms in total. The van der Waals surface area contributed by atoms with Crippen molar-refractivity contribution in [3.8, 4) is 5.69 Å². The Balaban J connectivity index is 2.38. The lowest BCUT2D eigenvalue weighted by molar-refractivity contribution is -0.384. The number of hydrogen-bond donors (Lipinski definition) is 0. The van der Waals surface area contributed by atoms with Crippen molar-refractivity contribution >= 4 is 5.69 Å². The Bertz CT molecular complexity index is 472. The van der Waals surface area contributed by atoms with Crippen LogP contribution in [0.2, 0.25) is 0 Å². The monoisotopic (exact) mass is 193 g/mol. The molecule has 0 atom stereocenters. The predicted molar refractivity (Wildman–Crippen MR) is 47.0 cm³/mol. The van der Waals surface area contributed by atoms with Crippen LogP contribution < -0.4 is 0 Å². The molecule has 0 saturated heterocycles. The zero-order valence-electron chi connectivity index (χ0n) is 7.36. The van der Waals surface area contributed by atoms with Crippen molar-refractivity contribution in [2.75, 3.05) is 0 Å². The molecule has 14 heavy (non-hydrogen) atoms. The quantitative estimate of drug-likeness (QED) is 0.514. The lowest BCUT2D eigenvalue weighted by Crippen LogP contribution is -1.92. The molecule has 0 spiro atoms. The van der Waals surface area contributed by atoms with Crippen LogP contribution in [0.4, 0.5) is 5.69 Å². The van der Waals surface area contributed by atoms with Crippen molar-refractivity contribution in [3.05, 3.63) is 34.9 Å². The van der Waals surface area contributed by atoms with Crippen LogP contribution in [0, 0.1) is 10.1 Å². The summed E-state index contributed by atoms with van der Waals surface area (Å²) >= 11 is 0. The highest BCUT2D eigenvalue weighted by atomic mass is 16.6. The highest BCUT2D eigenvalue weighted by molar-refractivity contribution is 5.30. The molecular weight excluding hydrogens is 186 g/mol. The third-order valence-electron chi connectivity index (χ3n) is 1.74. The first-order valence-electron chi connectivity index (χ1n) is 3.85. The standard InChI is InChI=1S/C7H7N5O2/c1-10-4-6(2-8-10)11-5-7(3-9-11)12(13)14/h2-5H,1H3. The molecule has 2 aromatic heterocycles. The first-order chi connectivity index (χ1) is 6.66. The van der Waals surface area contributed by atoms with Crippen LogP contribution in [0.15, 0.2) is 24.8 Å². The van der Waals surface area contributed by atoms with Crippen molar-refractivity contribution in [3.63, 3.8) is 0 Å². The Labute approximate surface area is 78.7 Å². The molecule has 0 fully saturated rings. The van der Waals surface area contributed by atoms with E-state index >= 15 is 0 Å². The van der Waals surface area contributed by atoms with Gasteiger partial charge in [-0.25, -0.2) is 4.68 Å². The van der Waals surface area contributed by atoms with Crippen LogP contribution in [0.1, 0.15) is 0 Å². The van der Waals surface area contributed by atoms with Crippen LogP contribution in [-0.4, -0.2) is 24.5 Å². The number of nitrogens with zero attached hydrogens (tertiary/aromatic N) is 5. The van der Waals surface area contributed by atoms with E-state index in [0.29, 0.717) is 5.69 Å². The second-order valence-electron chi connectivity index (χ2n) is 2.77. The van der Waals surface area contributed by atoms with Crippen LogP contribution in [-0.2, 0) is 7.05 Å². The lowest BCUT2D eigenvalue weighted by Gasteiger charge is -1.91. The third-order valence-corrected chi connectivity index (χ3v) is 1.74. The molecular formula is C7H7N5O2. The van der Waals surface area contributed by atoms with E-state index in [0.717, 1.165) is 0 Å². The first kappa shape index (κ1) is 8.42. The summed E-state index contributed by atoms with van der Waals surface area (Å²) in [6.07, 6.45) is 5.84. The maximum atomic E-state index is 10.4. The summed E-state index contributed by atoms with van der Waals surface area (Å²) in [6.45, 7) is 0. The fourth-order valence-electron chi connectivity index (χ4n) is 1.08. The molecule has 7 heteroatoms. The normalized spacial score (nSPS) is 10.4. The van der Waals surface area contributed by atoms with Crippen LogP contribution in [0.25, 0.3) is 5.69 Å². The van der Waals surface area contributed by atoms with Crippen molar-refractivity contribution in [1.29, 1.82) is 0 Å². The summed E-state index contributed by atoms with van der Waals surface area (Å²) in [7, 11) is 1.77. The van der Waals surface area contributed by atoms with Gasteiger partial charge < -0.3 is 0 Å². The van der Waals surface area contributed by atoms with Crippen LogP contribution in [0.3, 0.4) is 0 Å². The van der Waals surface area contributed by atoms with Crippen molar-refractivity contribution < 1.29 is 4.92 Å². The van der Waals surface area contributed by atoms with E-state index in [2.05, 4.69) is 10.2 Å². The average molecular weight is 193 g/mol. The molecule has 0 aromatic carbocycles. The van der Waals surface area contributed by atoms with E-state index in [1.54, 1.807) is 24.1 Å². The highest BCUT2D eigenvalue weighted by Gasteiger charge is 2.10. The largest absolute Gasteiger partial charge is 0.307 e. The molecule has 2 heterocycles. The van der Waals surface area contributed by atoms with Gasteiger partial charge in [-0.15, -0.1) is 0 Å². The topological polar surface area (TPSA) is 78.8 Å². The molecule has 0 N–H and O–H groups in total. The van der Waals surface area contributed by atoms with E-state index in [4.69, 9.17) is 0 Å². The first-order valence-corrected chi connectivity index (χ1v) is 3.85. The SMILES string of the molecule is Cn1cc(-n2cc([N+](=O)[O-])cn2)cn1. The maximum Gasteiger partial charge on any atom is 0.307 e. The Morgan fingerprint density at radius 3 is 2.64 bits per heavy atom. The van der Waals surface area contributed by atoms with Gasteiger partial charge in [-0.05, 0) is 0 Å². The van der Waals surface area contributed by atoms with Crippen LogP contribution in [0.5, 0.6) is 0 Å². The van der Waals surface area contributed by atoms with E-state index in [1.165, 1.54) is 17.1 Å². The van der Waals surface area contributed by atoms with E-state index in [9.17, 15) is 10.1 Å². The van der Waals surface area contributed by atoms with Crippen molar-refractivity contribution in [1.82, 2.24) is 19.6 Å². The predicted octanol–water partition coefficient (Wildman–Crippen LogP) is 0.514. The second kappa shape index (κ2) is 2.95. The molecule has 0 radical (unpaired) electrons. The Morgan fingerprint density at radius 1 is 1.36 bits per heavy atom. The van der Waals surface area contributed by atoms with Gasteiger partial charge in [0.1, 0.15) is 18.1 Å². The minimum atomic E-state index is -0.486. The summed E-state index contributed by atoms with van der Waals surface area (Å²) in [5.41, 5.74) is 0.662. The zero-order valence-corrected chi connectivity index (χ0v) is 7.36. The average Bonchev–Trinajstić information content (AvgIpc) is 2.70. The van der Waals surface area contributed by atoms with Gasteiger partial charge in [0.15, 0.2) is 0 Å². The van der Waals surface area contributed by atoms with E-state index < -0.39 is 4.92 Å². The fourth-order valence-corrected chi connectivity index (χ4v) is 1.08. The van der Waals surface area contributed by atoms with Gasteiger partial charge in [-0.1, -0.05) is 0 Å². The number of aryl methyl sites for hydroxylation is 1.